The van der Waals surface area contributed by atoms with E-state index in [9.17, 15) is 4.79 Å². The molecule has 0 aliphatic rings. The number of ether oxygens (including phenoxy) is 1. The van der Waals surface area contributed by atoms with Crippen molar-refractivity contribution in [1.82, 2.24) is 10.2 Å². The summed E-state index contributed by atoms with van der Waals surface area (Å²) in [7, 11) is 3.99. The summed E-state index contributed by atoms with van der Waals surface area (Å²) >= 11 is 1.68. The van der Waals surface area contributed by atoms with Crippen LogP contribution in [0.1, 0.15) is 23.4 Å². The van der Waals surface area contributed by atoms with Gasteiger partial charge in [-0.05, 0) is 50.2 Å². The molecule has 0 spiro atoms. The standard InChI is InChI=1S/C18H24N2O3S/c1-13(23-15-7-4-6-14(10-15)12-21)18(22)19-11-16(20(2)3)17-8-5-9-24-17/h4-10,13,16,21H,11-12H2,1-3H3,(H,19,22). The number of aliphatic hydroxyl groups excluding tert-OH is 1. The molecule has 1 amide bonds. The van der Waals surface area contributed by atoms with E-state index in [-0.39, 0.29) is 18.6 Å². The molecular weight excluding hydrogens is 324 g/mol. The van der Waals surface area contributed by atoms with Crippen LogP contribution in [0.2, 0.25) is 0 Å². The highest BCUT2D eigenvalue weighted by Crippen LogP contribution is 2.22. The first-order valence-corrected chi connectivity index (χ1v) is 8.73. The van der Waals surface area contributed by atoms with Gasteiger partial charge in [-0.2, -0.15) is 0 Å². The van der Waals surface area contributed by atoms with Crippen molar-refractivity contribution in [3.05, 3.63) is 52.2 Å². The molecule has 130 valence electrons. The van der Waals surface area contributed by atoms with Crippen molar-refractivity contribution in [3.63, 3.8) is 0 Å². The van der Waals surface area contributed by atoms with Crippen LogP contribution in [0, 0.1) is 0 Å². The number of carbonyl (C=O) groups is 1. The van der Waals surface area contributed by atoms with Crippen LogP contribution in [0.5, 0.6) is 5.75 Å². The monoisotopic (exact) mass is 348 g/mol. The minimum atomic E-state index is -0.606. The van der Waals surface area contributed by atoms with E-state index >= 15 is 0 Å². The Bertz CT molecular complexity index is 643. The van der Waals surface area contributed by atoms with Gasteiger partial charge in [0.25, 0.3) is 5.91 Å². The molecular formula is C18H24N2O3S. The number of aliphatic hydroxyl groups is 1. The highest BCUT2D eigenvalue weighted by Gasteiger charge is 2.19. The van der Waals surface area contributed by atoms with E-state index < -0.39 is 6.10 Å². The van der Waals surface area contributed by atoms with E-state index in [4.69, 9.17) is 9.84 Å². The lowest BCUT2D eigenvalue weighted by atomic mass is 10.2. The van der Waals surface area contributed by atoms with Gasteiger partial charge < -0.3 is 20.1 Å². The second kappa shape index (κ2) is 8.82. The normalized spacial score (nSPS) is 13.5. The van der Waals surface area contributed by atoms with Crippen molar-refractivity contribution in [2.24, 2.45) is 0 Å². The van der Waals surface area contributed by atoms with Crippen molar-refractivity contribution in [1.29, 1.82) is 0 Å². The molecule has 1 heterocycles. The van der Waals surface area contributed by atoms with Gasteiger partial charge in [0.15, 0.2) is 6.10 Å². The van der Waals surface area contributed by atoms with Gasteiger partial charge in [0, 0.05) is 11.4 Å². The number of hydrogen-bond donors (Lipinski definition) is 2. The van der Waals surface area contributed by atoms with Crippen LogP contribution in [0.3, 0.4) is 0 Å². The van der Waals surface area contributed by atoms with Gasteiger partial charge in [-0.15, -0.1) is 11.3 Å². The number of amides is 1. The Morgan fingerprint density at radius 3 is 2.75 bits per heavy atom. The maximum atomic E-state index is 12.3. The molecule has 2 rings (SSSR count). The van der Waals surface area contributed by atoms with E-state index in [1.807, 2.05) is 25.5 Å². The predicted octanol–water partition coefficient (Wildman–Crippen LogP) is 2.43. The molecule has 2 unspecified atom stereocenters. The summed E-state index contributed by atoms with van der Waals surface area (Å²) in [5.74, 6) is 0.416. The molecule has 2 aromatic rings. The highest BCUT2D eigenvalue weighted by atomic mass is 32.1. The van der Waals surface area contributed by atoms with Crippen LogP contribution >= 0.6 is 11.3 Å². The zero-order valence-electron chi connectivity index (χ0n) is 14.2. The summed E-state index contributed by atoms with van der Waals surface area (Å²) < 4.78 is 5.67. The maximum absolute atomic E-state index is 12.3. The van der Waals surface area contributed by atoms with Gasteiger partial charge >= 0.3 is 0 Å². The molecule has 2 N–H and O–H groups in total. The Balaban J connectivity index is 1.91. The van der Waals surface area contributed by atoms with Crippen LogP contribution in [-0.4, -0.2) is 42.7 Å². The molecule has 0 aliphatic heterocycles. The summed E-state index contributed by atoms with van der Waals surface area (Å²) in [5, 5.41) is 14.1. The van der Waals surface area contributed by atoms with Crippen LogP contribution in [0.25, 0.3) is 0 Å². The lowest BCUT2D eigenvalue weighted by Gasteiger charge is -2.24. The quantitative estimate of drug-likeness (QED) is 0.769. The Kier molecular flexibility index (Phi) is 6.78. The fraction of sp³-hybridized carbons (Fsp3) is 0.389. The minimum absolute atomic E-state index is 0.0525. The first-order chi connectivity index (χ1) is 11.5. The molecule has 1 aromatic carbocycles. The molecule has 1 aromatic heterocycles. The van der Waals surface area contributed by atoms with Gasteiger partial charge in [0.1, 0.15) is 5.75 Å². The summed E-state index contributed by atoms with van der Waals surface area (Å²) in [5.41, 5.74) is 0.755. The molecule has 0 fully saturated rings. The number of hydrogen-bond acceptors (Lipinski definition) is 5. The molecule has 24 heavy (non-hydrogen) atoms. The highest BCUT2D eigenvalue weighted by molar-refractivity contribution is 7.10. The largest absolute Gasteiger partial charge is 0.481 e. The molecule has 0 aliphatic carbocycles. The van der Waals surface area contributed by atoms with Gasteiger partial charge in [-0.3, -0.25) is 4.79 Å². The average molecular weight is 348 g/mol. The number of carbonyl (C=O) groups excluding carboxylic acids is 1. The smallest absolute Gasteiger partial charge is 0.260 e. The number of rotatable bonds is 8. The number of likely N-dealkylation sites (N-methyl/N-ethyl adjacent to an activating group) is 1. The van der Waals surface area contributed by atoms with E-state index in [0.29, 0.717) is 12.3 Å². The Hall–Kier alpha value is -1.89. The molecule has 2 atom stereocenters. The van der Waals surface area contributed by atoms with Gasteiger partial charge in [0.05, 0.1) is 12.6 Å². The number of thiophene rings is 1. The zero-order valence-corrected chi connectivity index (χ0v) is 15.0. The predicted molar refractivity (Wildman–Crippen MR) is 96.2 cm³/mol. The third-order valence-corrected chi connectivity index (χ3v) is 4.70. The van der Waals surface area contributed by atoms with Crippen molar-refractivity contribution in [2.45, 2.75) is 25.7 Å². The van der Waals surface area contributed by atoms with E-state index in [0.717, 1.165) is 5.56 Å². The first-order valence-electron chi connectivity index (χ1n) is 7.85. The zero-order chi connectivity index (χ0) is 17.5. The summed E-state index contributed by atoms with van der Waals surface area (Å²) in [6, 6.07) is 11.3. The lowest BCUT2D eigenvalue weighted by Crippen LogP contribution is -2.40. The second-order valence-electron chi connectivity index (χ2n) is 5.81. The van der Waals surface area contributed by atoms with E-state index in [1.54, 1.807) is 42.5 Å². The van der Waals surface area contributed by atoms with Gasteiger partial charge in [-0.1, -0.05) is 18.2 Å². The van der Waals surface area contributed by atoms with Crippen molar-refractivity contribution in [2.75, 3.05) is 20.6 Å². The van der Waals surface area contributed by atoms with E-state index in [1.165, 1.54) is 4.88 Å². The van der Waals surface area contributed by atoms with Gasteiger partial charge in [-0.25, -0.2) is 0 Å². The number of nitrogens with one attached hydrogen (secondary N) is 1. The lowest BCUT2D eigenvalue weighted by molar-refractivity contribution is -0.127. The Morgan fingerprint density at radius 2 is 2.12 bits per heavy atom. The molecule has 0 radical (unpaired) electrons. The summed E-state index contributed by atoms with van der Waals surface area (Å²) in [6.07, 6.45) is -0.606. The molecule has 0 bridgehead atoms. The van der Waals surface area contributed by atoms with Crippen LogP contribution in [0.15, 0.2) is 41.8 Å². The van der Waals surface area contributed by atoms with Crippen LogP contribution < -0.4 is 10.1 Å². The molecule has 0 saturated carbocycles. The molecule has 0 saturated heterocycles. The number of nitrogens with zero attached hydrogens (tertiary/aromatic N) is 1. The van der Waals surface area contributed by atoms with Crippen molar-refractivity contribution >= 4 is 17.2 Å². The topological polar surface area (TPSA) is 61.8 Å². The fourth-order valence-electron chi connectivity index (χ4n) is 2.33. The summed E-state index contributed by atoms with van der Waals surface area (Å²) in [6.45, 7) is 2.19. The fourth-order valence-corrected chi connectivity index (χ4v) is 3.26. The Morgan fingerprint density at radius 1 is 1.33 bits per heavy atom. The van der Waals surface area contributed by atoms with Crippen LogP contribution in [0.4, 0.5) is 0 Å². The maximum Gasteiger partial charge on any atom is 0.260 e. The molecule has 6 heteroatoms. The summed E-state index contributed by atoms with van der Waals surface area (Å²) in [4.78, 5) is 15.6. The first kappa shape index (κ1) is 18.4. The van der Waals surface area contributed by atoms with Crippen molar-refractivity contribution < 1.29 is 14.6 Å². The second-order valence-corrected chi connectivity index (χ2v) is 6.78. The van der Waals surface area contributed by atoms with Crippen LogP contribution in [-0.2, 0) is 11.4 Å². The Labute approximate surface area is 146 Å². The van der Waals surface area contributed by atoms with Gasteiger partial charge in [0.2, 0.25) is 0 Å². The average Bonchev–Trinajstić information content (AvgIpc) is 3.08. The van der Waals surface area contributed by atoms with E-state index in [2.05, 4.69) is 16.3 Å². The minimum Gasteiger partial charge on any atom is -0.481 e. The van der Waals surface area contributed by atoms with Crippen molar-refractivity contribution in [3.8, 4) is 5.75 Å². The molecule has 5 nitrogen and oxygen atoms in total. The number of benzene rings is 1. The SMILES string of the molecule is CC(Oc1cccc(CO)c1)C(=O)NCC(c1cccs1)N(C)C. The third kappa shape index (κ3) is 5.06. The third-order valence-electron chi connectivity index (χ3n) is 3.73.